The maximum Gasteiger partial charge on any atom is 0.246 e. The Kier molecular flexibility index (Phi) is 6.26. The van der Waals surface area contributed by atoms with Gasteiger partial charge >= 0.3 is 0 Å². The Bertz CT molecular complexity index is 881. The van der Waals surface area contributed by atoms with Crippen LogP contribution in [0.2, 0.25) is 0 Å². The maximum atomic E-state index is 13.3. The SMILES string of the molecule is O=C(c1cocn1)[C@@H]1CCCN1C(=O)[C@@H]1CCCN1C(=O)CCCc1ccccc1. The van der Waals surface area contributed by atoms with Gasteiger partial charge in [0.05, 0.1) is 6.04 Å². The molecule has 2 atom stereocenters. The standard InChI is InChI=1S/C23H27N3O4/c27-21(12-4-9-17-7-2-1-3-8-17)25-13-6-11-20(25)23(29)26-14-5-10-19(26)22(28)18-15-30-16-24-18/h1-3,7-8,15-16,19-20H,4-6,9-14H2/t19-,20-/m0/s1. The lowest BCUT2D eigenvalue weighted by Gasteiger charge is -2.30. The molecule has 1 aromatic carbocycles. The van der Waals surface area contributed by atoms with E-state index in [4.69, 9.17) is 4.42 Å². The number of ketones is 1. The van der Waals surface area contributed by atoms with E-state index in [0.29, 0.717) is 32.4 Å². The number of aryl methyl sites for hydroxylation is 1. The molecule has 7 heteroatoms. The van der Waals surface area contributed by atoms with E-state index in [1.807, 2.05) is 18.2 Å². The van der Waals surface area contributed by atoms with Crippen LogP contribution in [-0.4, -0.2) is 57.6 Å². The molecular formula is C23H27N3O4. The number of likely N-dealkylation sites (tertiary alicyclic amines) is 2. The van der Waals surface area contributed by atoms with E-state index in [0.717, 1.165) is 25.7 Å². The molecule has 2 fully saturated rings. The zero-order valence-electron chi connectivity index (χ0n) is 17.0. The molecule has 7 nitrogen and oxygen atoms in total. The Labute approximate surface area is 176 Å². The quantitative estimate of drug-likeness (QED) is 0.657. The van der Waals surface area contributed by atoms with Gasteiger partial charge in [-0.15, -0.1) is 0 Å². The minimum absolute atomic E-state index is 0.0281. The first-order valence-corrected chi connectivity index (χ1v) is 10.7. The molecule has 0 spiro atoms. The first-order chi connectivity index (χ1) is 14.6. The first kappa shape index (κ1) is 20.3. The van der Waals surface area contributed by atoms with E-state index in [1.165, 1.54) is 18.2 Å². The Hall–Kier alpha value is -2.96. The zero-order chi connectivity index (χ0) is 20.9. The molecule has 0 unspecified atom stereocenters. The van der Waals surface area contributed by atoms with Gasteiger partial charge in [0.15, 0.2) is 6.39 Å². The minimum Gasteiger partial charge on any atom is -0.451 e. The number of carbonyl (C=O) groups excluding carboxylic acids is 3. The highest BCUT2D eigenvalue weighted by atomic mass is 16.3. The second kappa shape index (κ2) is 9.24. The normalized spacial score (nSPS) is 21.2. The average molecular weight is 409 g/mol. The fourth-order valence-corrected chi connectivity index (χ4v) is 4.55. The summed E-state index contributed by atoms with van der Waals surface area (Å²) in [6, 6.07) is 9.13. The number of oxazole rings is 1. The molecular weight excluding hydrogens is 382 g/mol. The van der Waals surface area contributed by atoms with Crippen molar-refractivity contribution in [1.29, 1.82) is 0 Å². The summed E-state index contributed by atoms with van der Waals surface area (Å²) < 4.78 is 4.92. The van der Waals surface area contributed by atoms with Crippen molar-refractivity contribution < 1.29 is 18.8 Å². The summed E-state index contributed by atoms with van der Waals surface area (Å²) in [4.78, 5) is 46.2. The van der Waals surface area contributed by atoms with E-state index in [-0.39, 0.29) is 23.3 Å². The third kappa shape index (κ3) is 4.30. The van der Waals surface area contributed by atoms with Crippen LogP contribution in [0.4, 0.5) is 0 Å². The van der Waals surface area contributed by atoms with Gasteiger partial charge < -0.3 is 14.2 Å². The highest BCUT2D eigenvalue weighted by molar-refractivity contribution is 6.01. The van der Waals surface area contributed by atoms with Crippen LogP contribution < -0.4 is 0 Å². The molecule has 158 valence electrons. The summed E-state index contributed by atoms with van der Waals surface area (Å²) >= 11 is 0. The van der Waals surface area contributed by atoms with Crippen molar-refractivity contribution in [3.8, 4) is 0 Å². The monoisotopic (exact) mass is 409 g/mol. The van der Waals surface area contributed by atoms with Crippen molar-refractivity contribution in [2.45, 2.75) is 57.0 Å². The van der Waals surface area contributed by atoms with Crippen LogP contribution in [-0.2, 0) is 16.0 Å². The molecule has 4 rings (SSSR count). The molecule has 0 bridgehead atoms. The molecule has 0 aliphatic carbocycles. The molecule has 0 saturated carbocycles. The number of nitrogens with zero attached hydrogens (tertiary/aromatic N) is 3. The molecule has 30 heavy (non-hydrogen) atoms. The molecule has 2 aliphatic heterocycles. The smallest absolute Gasteiger partial charge is 0.246 e. The summed E-state index contributed by atoms with van der Waals surface area (Å²) in [5.74, 6) is -0.267. The van der Waals surface area contributed by atoms with Gasteiger partial charge in [0.1, 0.15) is 18.0 Å². The molecule has 0 radical (unpaired) electrons. The molecule has 2 aromatic rings. The van der Waals surface area contributed by atoms with Gasteiger partial charge in [-0.2, -0.15) is 0 Å². The van der Waals surface area contributed by atoms with Gasteiger partial charge in [0.25, 0.3) is 0 Å². The fourth-order valence-electron chi connectivity index (χ4n) is 4.55. The summed E-state index contributed by atoms with van der Waals surface area (Å²) in [5, 5.41) is 0. The van der Waals surface area contributed by atoms with Gasteiger partial charge in [0, 0.05) is 19.5 Å². The summed E-state index contributed by atoms with van der Waals surface area (Å²) in [6.45, 7) is 1.15. The van der Waals surface area contributed by atoms with Crippen molar-refractivity contribution in [2.75, 3.05) is 13.1 Å². The Morgan fingerprint density at radius 2 is 1.73 bits per heavy atom. The Morgan fingerprint density at radius 3 is 2.47 bits per heavy atom. The van der Waals surface area contributed by atoms with Crippen LogP contribution in [0.15, 0.2) is 47.4 Å². The average Bonchev–Trinajstić information content (AvgIpc) is 3.55. The summed E-state index contributed by atoms with van der Waals surface area (Å²) in [7, 11) is 0. The number of Topliss-reactive ketones (excluding diaryl/α,β-unsaturated/α-hetero) is 1. The van der Waals surface area contributed by atoms with Gasteiger partial charge in [-0.05, 0) is 44.1 Å². The second-order valence-electron chi connectivity index (χ2n) is 8.01. The molecule has 1 aromatic heterocycles. The van der Waals surface area contributed by atoms with Gasteiger partial charge in [-0.1, -0.05) is 30.3 Å². The van der Waals surface area contributed by atoms with Crippen molar-refractivity contribution in [1.82, 2.24) is 14.8 Å². The number of hydrogen-bond donors (Lipinski definition) is 0. The lowest BCUT2D eigenvalue weighted by molar-refractivity contribution is -0.144. The van der Waals surface area contributed by atoms with E-state index in [1.54, 1.807) is 9.80 Å². The molecule has 3 heterocycles. The molecule has 2 aliphatic rings. The summed E-state index contributed by atoms with van der Waals surface area (Å²) in [6.07, 6.45) is 7.45. The van der Waals surface area contributed by atoms with Crippen molar-refractivity contribution >= 4 is 17.6 Å². The van der Waals surface area contributed by atoms with Gasteiger partial charge in [-0.25, -0.2) is 4.98 Å². The Balaban J connectivity index is 1.36. The van der Waals surface area contributed by atoms with Crippen LogP contribution in [0, 0.1) is 0 Å². The molecule has 0 N–H and O–H groups in total. The number of rotatable bonds is 7. The minimum atomic E-state index is -0.516. The number of hydrogen-bond acceptors (Lipinski definition) is 5. The topological polar surface area (TPSA) is 83.7 Å². The van der Waals surface area contributed by atoms with Crippen LogP contribution in [0.5, 0.6) is 0 Å². The predicted octanol–water partition coefficient (Wildman–Crippen LogP) is 2.86. The first-order valence-electron chi connectivity index (χ1n) is 10.7. The zero-order valence-corrected chi connectivity index (χ0v) is 17.0. The third-order valence-corrected chi connectivity index (χ3v) is 6.08. The number of benzene rings is 1. The molecule has 2 amide bonds. The number of aromatic nitrogens is 1. The second-order valence-corrected chi connectivity index (χ2v) is 8.01. The van der Waals surface area contributed by atoms with Crippen LogP contribution in [0.25, 0.3) is 0 Å². The van der Waals surface area contributed by atoms with Gasteiger partial charge in [0.2, 0.25) is 17.6 Å². The summed E-state index contributed by atoms with van der Waals surface area (Å²) in [5.41, 5.74) is 1.46. The van der Waals surface area contributed by atoms with Gasteiger partial charge in [-0.3, -0.25) is 14.4 Å². The van der Waals surface area contributed by atoms with E-state index < -0.39 is 12.1 Å². The van der Waals surface area contributed by atoms with Crippen LogP contribution in [0.3, 0.4) is 0 Å². The van der Waals surface area contributed by atoms with Crippen molar-refractivity contribution in [3.05, 3.63) is 54.2 Å². The lowest BCUT2D eigenvalue weighted by atomic mass is 10.1. The third-order valence-electron chi connectivity index (χ3n) is 6.08. The van der Waals surface area contributed by atoms with Crippen molar-refractivity contribution in [2.24, 2.45) is 0 Å². The fraction of sp³-hybridized carbons (Fsp3) is 0.478. The van der Waals surface area contributed by atoms with Crippen molar-refractivity contribution in [3.63, 3.8) is 0 Å². The highest BCUT2D eigenvalue weighted by Gasteiger charge is 2.42. The lowest BCUT2D eigenvalue weighted by Crippen LogP contribution is -2.51. The van der Waals surface area contributed by atoms with Crippen LogP contribution >= 0.6 is 0 Å². The van der Waals surface area contributed by atoms with Crippen LogP contribution in [0.1, 0.15) is 54.6 Å². The highest BCUT2D eigenvalue weighted by Crippen LogP contribution is 2.27. The maximum absolute atomic E-state index is 13.3. The van der Waals surface area contributed by atoms with E-state index >= 15 is 0 Å². The largest absolute Gasteiger partial charge is 0.451 e. The Morgan fingerprint density at radius 1 is 1.00 bits per heavy atom. The van der Waals surface area contributed by atoms with E-state index in [9.17, 15) is 14.4 Å². The molecule has 2 saturated heterocycles. The number of carbonyl (C=O) groups is 3. The number of amides is 2. The van der Waals surface area contributed by atoms with E-state index in [2.05, 4.69) is 17.1 Å². The predicted molar refractivity (Wildman–Crippen MR) is 110 cm³/mol.